The Morgan fingerprint density at radius 3 is 0.787 bits per heavy atom. The van der Waals surface area contributed by atoms with E-state index in [1.165, 1.54) is 208 Å². The molecule has 23 rings (SSSR count). The minimum Gasteiger partial charge on any atom is -0.310 e. The van der Waals surface area contributed by atoms with Gasteiger partial charge in [-0.15, -0.1) is 0 Å². The van der Waals surface area contributed by atoms with E-state index in [0.29, 0.717) is 0 Å². The van der Waals surface area contributed by atoms with Crippen LogP contribution < -0.4 is 26.2 Å². The van der Waals surface area contributed by atoms with Crippen LogP contribution in [0.25, 0.3) is 164 Å². The average Bonchev–Trinajstić information content (AvgIpc) is 1.42. The summed E-state index contributed by atoms with van der Waals surface area (Å²) in [5.41, 5.74) is 34.8. The van der Waals surface area contributed by atoms with Crippen molar-refractivity contribution >= 4 is 165 Å². The Kier molecular flexibility index (Phi) is 16.6. The molecule has 2 aliphatic heterocycles. The molecule has 0 saturated carbocycles. The van der Waals surface area contributed by atoms with Gasteiger partial charge in [0.25, 0.3) is 6.71 Å². The molecule has 2 aromatic heterocycles. The smallest absolute Gasteiger partial charge is 0.252 e. The molecule has 21 aromatic rings. The van der Waals surface area contributed by atoms with E-state index in [4.69, 9.17) is 0 Å². The van der Waals surface area contributed by atoms with Crippen molar-refractivity contribution in [2.24, 2.45) is 0 Å². The van der Waals surface area contributed by atoms with Gasteiger partial charge in [-0.3, -0.25) is 0 Å². The molecule has 622 valence electrons. The third kappa shape index (κ3) is 11.8. The first-order valence-electron chi connectivity index (χ1n) is 46.1. The van der Waals surface area contributed by atoms with Gasteiger partial charge in [0, 0.05) is 77.9 Å². The minimum absolute atomic E-state index is 0.0826. The van der Waals surface area contributed by atoms with E-state index in [2.05, 4.69) is 456 Å². The van der Waals surface area contributed by atoms with Gasteiger partial charge < -0.3 is 18.9 Å². The predicted octanol–water partition coefficient (Wildman–Crippen LogP) is 32.4. The summed E-state index contributed by atoms with van der Waals surface area (Å²) in [7, 11) is 0. The van der Waals surface area contributed by atoms with E-state index in [0.717, 1.165) is 45.5 Å². The van der Waals surface area contributed by atoms with Gasteiger partial charge >= 0.3 is 0 Å². The van der Waals surface area contributed by atoms with Crippen molar-refractivity contribution in [1.82, 2.24) is 9.13 Å². The van der Waals surface area contributed by atoms with Crippen molar-refractivity contribution in [2.75, 3.05) is 9.80 Å². The maximum absolute atomic E-state index is 2.83. The van der Waals surface area contributed by atoms with Crippen molar-refractivity contribution in [2.45, 2.75) is 183 Å². The SMILES string of the molecule is CC(C)(C)c1ccc(-c2cc(C(C)(C)C)cc(-c3cccc(C(C)(C)C)c3)c2N2c3cc(-n4c5ccc6cccc7c8cccc9ccc4c(c98)c5c67)ccc3B3c4ccc(-n5c6ccc7cccc8c9cccc%10ccc5c(c%109)c6c78)cc4N(c4c(-c5ccc(C(C)(C)C)cc5)cc(C(C)(C)C)cc4-c4cccc(C(C)(C)C)c4)c4cc(C(C)(C)C)cc2c43)cc1. The number of rotatable bonds is 8. The molecule has 127 heavy (non-hydrogen) atoms. The van der Waals surface area contributed by atoms with Crippen molar-refractivity contribution in [3.8, 4) is 55.9 Å². The zero-order chi connectivity index (χ0) is 87.9. The summed E-state index contributed by atoms with van der Waals surface area (Å²) < 4.78 is 5.26. The zero-order valence-electron chi connectivity index (χ0n) is 77.6. The van der Waals surface area contributed by atoms with E-state index in [9.17, 15) is 0 Å². The van der Waals surface area contributed by atoms with Crippen LogP contribution in [0.4, 0.5) is 34.1 Å². The molecule has 0 aliphatic carbocycles. The number of aromatic nitrogens is 2. The maximum atomic E-state index is 2.83. The Morgan fingerprint density at radius 1 is 0.205 bits per heavy atom. The van der Waals surface area contributed by atoms with Crippen molar-refractivity contribution in [3.05, 3.63) is 330 Å². The first-order chi connectivity index (χ1) is 60.4. The van der Waals surface area contributed by atoms with E-state index in [1.54, 1.807) is 0 Å². The molecule has 0 spiro atoms. The Labute approximate surface area is 748 Å². The number of benzene rings is 19. The summed E-state index contributed by atoms with van der Waals surface area (Å²) in [5.74, 6) is 0. The number of fused-ring (bicyclic) bond motifs is 6. The molecule has 5 heteroatoms. The van der Waals surface area contributed by atoms with Crippen LogP contribution in [0.1, 0.15) is 184 Å². The highest BCUT2D eigenvalue weighted by Gasteiger charge is 2.47. The molecule has 0 bridgehead atoms. The summed E-state index contributed by atoms with van der Waals surface area (Å²) in [4.78, 5) is 5.65. The van der Waals surface area contributed by atoms with Crippen molar-refractivity contribution in [3.63, 3.8) is 0 Å². The molecule has 0 fully saturated rings. The van der Waals surface area contributed by atoms with Gasteiger partial charge in [0.2, 0.25) is 0 Å². The van der Waals surface area contributed by atoms with E-state index in [-0.39, 0.29) is 39.2 Å². The lowest BCUT2D eigenvalue weighted by Crippen LogP contribution is -2.61. The Morgan fingerprint density at radius 2 is 0.488 bits per heavy atom. The molecule has 4 heterocycles. The molecular weight excluding hydrogens is 1530 g/mol. The van der Waals surface area contributed by atoms with Gasteiger partial charge in [-0.2, -0.15) is 0 Å². The minimum atomic E-state index is -0.392. The second-order valence-corrected chi connectivity index (χ2v) is 44.5. The summed E-state index contributed by atoms with van der Waals surface area (Å²) >= 11 is 0. The van der Waals surface area contributed by atoms with Crippen molar-refractivity contribution < 1.29 is 0 Å². The number of nitrogens with zero attached hydrogens (tertiary/aromatic N) is 4. The lowest BCUT2D eigenvalue weighted by molar-refractivity contribution is 0.589. The fraction of sp³-hybridized carbons (Fsp3) is 0.230. The van der Waals surface area contributed by atoms with Gasteiger partial charge in [0.15, 0.2) is 0 Å². The molecule has 4 nitrogen and oxygen atoms in total. The fourth-order valence-electron chi connectivity index (χ4n) is 22.2. The standard InChI is InChI=1S/C122H111BN4/c1-116(2,3)78-48-40-70(41-49-78)91-62-82(120(13,14)15)64-93(76-32-22-34-80(60-76)118(7,8)9)114(91)126-101-68-85(124-97-56-44-72-28-24-36-87-88-37-25-29-73-45-57-98(124)110(106(73)88)109(97)105(72)87)52-54-95(101)123-96-55-53-86(125-99-58-46-74-30-26-38-89-90-39-27-31-75-47-59-100(125)112(108(75)90)111(99)107(74)89)69-102(96)127(104-67-84(122(19,20)21)66-103(126)113(104)123)115-92(71-42-50-79(51-43-71)117(4,5)6)63-83(121(16,17)18)65-94(115)77-33-23-35-81(61-77)119(10,11)12/h22-69H,1-21H3. The van der Waals surface area contributed by atoms with Gasteiger partial charge in [0.05, 0.1) is 33.4 Å². The topological polar surface area (TPSA) is 16.3 Å². The molecule has 0 amide bonds. The molecule has 0 saturated heterocycles. The summed E-state index contributed by atoms with van der Waals surface area (Å²) in [6.45, 7) is 49.7. The quantitative estimate of drug-likeness (QED) is 0.0856. The highest BCUT2D eigenvalue weighted by molar-refractivity contribution is 7.00. The highest BCUT2D eigenvalue weighted by Crippen LogP contribution is 2.59. The molecule has 0 atom stereocenters. The van der Waals surface area contributed by atoms with Crippen LogP contribution in [0.3, 0.4) is 0 Å². The summed E-state index contributed by atoms with van der Waals surface area (Å²) in [6.07, 6.45) is 0. The third-order valence-electron chi connectivity index (χ3n) is 29.2. The molecule has 0 unspecified atom stereocenters. The van der Waals surface area contributed by atoms with Crippen LogP contribution in [0, 0.1) is 0 Å². The van der Waals surface area contributed by atoms with Crippen LogP contribution in [-0.4, -0.2) is 15.8 Å². The van der Waals surface area contributed by atoms with Gasteiger partial charge in [-0.25, -0.2) is 0 Å². The van der Waals surface area contributed by atoms with E-state index in [1.807, 2.05) is 0 Å². The molecular formula is C122H111BN4. The lowest BCUT2D eigenvalue weighted by atomic mass is 9.33. The number of hydrogen-bond donors (Lipinski definition) is 0. The number of hydrogen-bond acceptors (Lipinski definition) is 2. The van der Waals surface area contributed by atoms with Gasteiger partial charge in [0.1, 0.15) is 0 Å². The van der Waals surface area contributed by atoms with Crippen LogP contribution in [-0.2, 0) is 37.9 Å². The first kappa shape index (κ1) is 78.7. The zero-order valence-corrected chi connectivity index (χ0v) is 77.6. The molecule has 0 radical (unpaired) electrons. The molecule has 2 aliphatic rings. The van der Waals surface area contributed by atoms with Crippen molar-refractivity contribution in [1.29, 1.82) is 0 Å². The van der Waals surface area contributed by atoms with Gasteiger partial charge in [-0.05, 0) is 265 Å². The fourth-order valence-corrected chi connectivity index (χ4v) is 22.2. The largest absolute Gasteiger partial charge is 0.310 e. The first-order valence-corrected chi connectivity index (χ1v) is 46.1. The number of anilines is 6. The normalized spacial score (nSPS) is 13.8. The Balaban J connectivity index is 0.912. The predicted molar refractivity (Wildman–Crippen MR) is 552 cm³/mol. The van der Waals surface area contributed by atoms with Crippen LogP contribution in [0.15, 0.2) is 291 Å². The van der Waals surface area contributed by atoms with Crippen LogP contribution >= 0.6 is 0 Å². The Bertz CT molecular complexity index is 7470. The third-order valence-corrected chi connectivity index (χ3v) is 29.2. The summed E-state index contributed by atoms with van der Waals surface area (Å²) in [5, 5.41) is 20.8. The second kappa shape index (κ2) is 26.8. The average molecular weight is 1640 g/mol. The summed E-state index contributed by atoms with van der Waals surface area (Å²) in [6, 6.07) is 117. The van der Waals surface area contributed by atoms with Crippen LogP contribution in [0.5, 0.6) is 0 Å². The lowest BCUT2D eigenvalue weighted by Gasteiger charge is -2.47. The maximum Gasteiger partial charge on any atom is 0.252 e. The van der Waals surface area contributed by atoms with Crippen LogP contribution in [0.2, 0.25) is 0 Å². The second-order valence-electron chi connectivity index (χ2n) is 44.5. The van der Waals surface area contributed by atoms with E-state index < -0.39 is 5.41 Å². The molecule has 19 aromatic carbocycles. The van der Waals surface area contributed by atoms with E-state index >= 15 is 0 Å². The molecule has 0 N–H and O–H groups in total. The van der Waals surface area contributed by atoms with Gasteiger partial charge in [-0.1, -0.05) is 352 Å². The Hall–Kier alpha value is -13.0. The monoisotopic (exact) mass is 1640 g/mol. The highest BCUT2D eigenvalue weighted by atomic mass is 15.2.